The fraction of sp³-hybridized carbons (Fsp3) is 0.357. The molecule has 2 nitrogen and oxygen atoms in total. The van der Waals surface area contributed by atoms with Gasteiger partial charge in [-0.15, -0.1) is 0 Å². The van der Waals surface area contributed by atoms with Crippen molar-refractivity contribution < 1.29 is 9.90 Å². The zero-order valence-electron chi connectivity index (χ0n) is 9.82. The van der Waals surface area contributed by atoms with Gasteiger partial charge >= 0.3 is 0 Å². The van der Waals surface area contributed by atoms with Gasteiger partial charge in [-0.25, -0.2) is 0 Å². The van der Waals surface area contributed by atoms with E-state index in [0.29, 0.717) is 0 Å². The number of hydrogen-bond acceptors (Lipinski definition) is 2. The molecule has 0 fully saturated rings. The van der Waals surface area contributed by atoms with Gasteiger partial charge in [-0.2, -0.15) is 0 Å². The summed E-state index contributed by atoms with van der Waals surface area (Å²) in [7, 11) is 0. The van der Waals surface area contributed by atoms with Crippen LogP contribution < -0.4 is 0 Å². The van der Waals surface area contributed by atoms with Crippen molar-refractivity contribution in [2.24, 2.45) is 5.41 Å². The molecule has 0 aliphatic rings. The molecule has 1 unspecified atom stereocenters. The maximum absolute atomic E-state index is 11.3. The molecule has 0 saturated heterocycles. The Morgan fingerprint density at radius 2 is 1.88 bits per heavy atom. The van der Waals surface area contributed by atoms with E-state index in [0.717, 1.165) is 5.56 Å². The molecule has 0 aliphatic carbocycles. The van der Waals surface area contributed by atoms with E-state index in [2.05, 4.69) is 11.8 Å². The van der Waals surface area contributed by atoms with Crippen LogP contribution in [0.15, 0.2) is 30.3 Å². The average Bonchev–Trinajstić information content (AvgIpc) is 2.27. The van der Waals surface area contributed by atoms with E-state index in [1.54, 1.807) is 13.8 Å². The zero-order chi connectivity index (χ0) is 12.2. The minimum atomic E-state index is -0.940. The Morgan fingerprint density at radius 3 is 2.38 bits per heavy atom. The van der Waals surface area contributed by atoms with Gasteiger partial charge in [0.1, 0.15) is 11.9 Å². The highest BCUT2D eigenvalue weighted by molar-refractivity contribution is 5.82. The fourth-order valence-corrected chi connectivity index (χ4v) is 1.05. The summed E-state index contributed by atoms with van der Waals surface area (Å²) in [6.45, 7) is 4.85. The summed E-state index contributed by atoms with van der Waals surface area (Å²) in [6, 6.07) is 9.39. The highest BCUT2D eigenvalue weighted by Crippen LogP contribution is 2.21. The Morgan fingerprint density at radius 1 is 1.31 bits per heavy atom. The highest BCUT2D eigenvalue weighted by Gasteiger charge is 2.31. The number of benzene rings is 1. The second-order valence-electron chi connectivity index (χ2n) is 4.32. The van der Waals surface area contributed by atoms with Crippen LogP contribution in [0.4, 0.5) is 0 Å². The van der Waals surface area contributed by atoms with Crippen LogP contribution in [0.3, 0.4) is 0 Å². The van der Waals surface area contributed by atoms with Crippen LogP contribution in [0.5, 0.6) is 0 Å². The van der Waals surface area contributed by atoms with E-state index in [4.69, 9.17) is 0 Å². The summed E-state index contributed by atoms with van der Waals surface area (Å²) in [5.41, 5.74) is 0.0165. The van der Waals surface area contributed by atoms with Crippen LogP contribution in [0, 0.1) is 17.3 Å². The normalized spacial score (nSPS) is 12.5. The van der Waals surface area contributed by atoms with Crippen LogP contribution in [0.2, 0.25) is 0 Å². The highest BCUT2D eigenvalue weighted by atomic mass is 16.3. The van der Waals surface area contributed by atoms with Crippen molar-refractivity contribution in [1.29, 1.82) is 0 Å². The van der Waals surface area contributed by atoms with Crippen molar-refractivity contribution in [2.45, 2.75) is 26.9 Å². The fourth-order valence-electron chi connectivity index (χ4n) is 1.05. The smallest absolute Gasteiger partial charge is 0.139 e. The van der Waals surface area contributed by atoms with Gasteiger partial charge in [-0.05, 0) is 32.9 Å². The molecule has 2 heteroatoms. The lowest BCUT2D eigenvalue weighted by Crippen LogP contribution is -2.34. The maximum Gasteiger partial charge on any atom is 0.139 e. The number of carbonyl (C=O) groups is 1. The molecule has 0 bridgehead atoms. The molecule has 0 saturated carbocycles. The van der Waals surface area contributed by atoms with Crippen molar-refractivity contribution in [3.8, 4) is 11.8 Å². The van der Waals surface area contributed by atoms with Gasteiger partial charge in [-0.3, -0.25) is 4.79 Å². The molecule has 1 rings (SSSR count). The van der Waals surface area contributed by atoms with Gasteiger partial charge in [0.15, 0.2) is 0 Å². The molecule has 1 atom stereocenters. The first-order valence-corrected chi connectivity index (χ1v) is 5.20. The van der Waals surface area contributed by atoms with Crippen molar-refractivity contribution >= 4 is 5.78 Å². The number of rotatable bonds is 2. The molecule has 0 amide bonds. The number of Topliss-reactive ketones (excluding diaryl/α,β-unsaturated/α-hetero) is 1. The first kappa shape index (κ1) is 12.5. The number of aliphatic hydroxyl groups excluding tert-OH is 1. The molecular formula is C14H16O2. The van der Waals surface area contributed by atoms with Crippen molar-refractivity contribution in [2.75, 3.05) is 0 Å². The van der Waals surface area contributed by atoms with E-state index in [1.807, 2.05) is 30.3 Å². The average molecular weight is 216 g/mol. The Hall–Kier alpha value is -1.59. The van der Waals surface area contributed by atoms with Gasteiger partial charge in [0.25, 0.3) is 0 Å². The monoisotopic (exact) mass is 216 g/mol. The van der Waals surface area contributed by atoms with E-state index in [1.165, 1.54) is 6.92 Å². The van der Waals surface area contributed by atoms with Gasteiger partial charge in [-0.1, -0.05) is 30.0 Å². The topological polar surface area (TPSA) is 37.3 Å². The van der Waals surface area contributed by atoms with Crippen LogP contribution in [0.1, 0.15) is 26.3 Å². The van der Waals surface area contributed by atoms with Crippen molar-refractivity contribution in [3.05, 3.63) is 35.9 Å². The molecule has 0 spiro atoms. The second-order valence-corrected chi connectivity index (χ2v) is 4.32. The van der Waals surface area contributed by atoms with Crippen LogP contribution in [-0.4, -0.2) is 17.0 Å². The molecule has 1 aromatic rings. The second kappa shape index (κ2) is 4.96. The third kappa shape index (κ3) is 2.95. The standard InChI is InChI=1S/C14H16O2/c1-11(15)14(2,3)13(16)10-9-12-7-5-4-6-8-12/h4-8,13,16H,1-3H3. The number of hydrogen-bond donors (Lipinski definition) is 1. The molecule has 0 aromatic heterocycles. The lowest BCUT2D eigenvalue weighted by Gasteiger charge is -2.23. The summed E-state index contributed by atoms with van der Waals surface area (Å²) in [6.07, 6.45) is -0.940. The van der Waals surface area contributed by atoms with Gasteiger partial charge in [0.2, 0.25) is 0 Å². The van der Waals surface area contributed by atoms with Gasteiger partial charge < -0.3 is 5.11 Å². The lowest BCUT2D eigenvalue weighted by atomic mass is 9.83. The predicted octanol–water partition coefficient (Wildman–Crippen LogP) is 2.01. The molecule has 84 valence electrons. The molecule has 0 aliphatic heterocycles. The lowest BCUT2D eigenvalue weighted by molar-refractivity contribution is -0.128. The first-order chi connectivity index (χ1) is 7.44. The predicted molar refractivity (Wildman–Crippen MR) is 63.8 cm³/mol. The van der Waals surface area contributed by atoms with Crippen molar-refractivity contribution in [1.82, 2.24) is 0 Å². The first-order valence-electron chi connectivity index (χ1n) is 5.20. The third-order valence-corrected chi connectivity index (χ3v) is 2.72. The molecule has 1 N–H and O–H groups in total. The maximum atomic E-state index is 11.3. The molecular weight excluding hydrogens is 200 g/mol. The van der Waals surface area contributed by atoms with Gasteiger partial charge in [0.05, 0.1) is 5.41 Å². The van der Waals surface area contributed by atoms with E-state index in [-0.39, 0.29) is 5.78 Å². The number of aliphatic hydroxyl groups is 1. The SMILES string of the molecule is CC(=O)C(C)(C)C(O)C#Cc1ccccc1. The molecule has 1 aromatic carbocycles. The number of ketones is 1. The van der Waals surface area contributed by atoms with E-state index < -0.39 is 11.5 Å². The van der Waals surface area contributed by atoms with Gasteiger partial charge in [0, 0.05) is 5.56 Å². The largest absolute Gasteiger partial charge is 0.379 e. The Labute approximate surface area is 96.3 Å². The van der Waals surface area contributed by atoms with Crippen molar-refractivity contribution in [3.63, 3.8) is 0 Å². The number of carbonyl (C=O) groups excluding carboxylic acids is 1. The summed E-state index contributed by atoms with van der Waals surface area (Å²) in [4.78, 5) is 11.3. The minimum absolute atomic E-state index is 0.0673. The summed E-state index contributed by atoms with van der Waals surface area (Å²) < 4.78 is 0. The molecule has 16 heavy (non-hydrogen) atoms. The molecule has 0 heterocycles. The Balaban J connectivity index is 2.83. The van der Waals surface area contributed by atoms with E-state index in [9.17, 15) is 9.90 Å². The Kier molecular flexibility index (Phi) is 3.87. The zero-order valence-corrected chi connectivity index (χ0v) is 9.82. The van der Waals surface area contributed by atoms with E-state index >= 15 is 0 Å². The van der Waals surface area contributed by atoms with Crippen LogP contribution >= 0.6 is 0 Å². The third-order valence-electron chi connectivity index (χ3n) is 2.72. The quantitative estimate of drug-likeness (QED) is 0.768. The summed E-state index contributed by atoms with van der Waals surface area (Å²) in [5.74, 6) is 5.49. The molecule has 0 radical (unpaired) electrons. The summed E-state index contributed by atoms with van der Waals surface area (Å²) in [5, 5.41) is 9.81. The Bertz CT molecular complexity index is 421. The van der Waals surface area contributed by atoms with Crippen LogP contribution in [0.25, 0.3) is 0 Å². The summed E-state index contributed by atoms with van der Waals surface area (Å²) >= 11 is 0. The van der Waals surface area contributed by atoms with Crippen LogP contribution in [-0.2, 0) is 4.79 Å². The minimum Gasteiger partial charge on any atom is -0.379 e.